The van der Waals surface area contributed by atoms with Crippen LogP contribution in [0.25, 0.3) is 0 Å². The van der Waals surface area contributed by atoms with Gasteiger partial charge in [-0.1, -0.05) is 12.1 Å². The van der Waals surface area contributed by atoms with E-state index in [9.17, 15) is 19.2 Å². The molecule has 0 fully saturated rings. The molecule has 0 atom stereocenters. The first-order chi connectivity index (χ1) is 12.9. The highest BCUT2D eigenvalue weighted by molar-refractivity contribution is 5.98. The number of ether oxygens (including phenoxy) is 2. The summed E-state index contributed by atoms with van der Waals surface area (Å²) in [5.74, 6) is -1.20. The van der Waals surface area contributed by atoms with Gasteiger partial charge in [-0.3, -0.25) is 19.2 Å². The second-order valence-corrected chi connectivity index (χ2v) is 6.21. The van der Waals surface area contributed by atoms with Gasteiger partial charge in [-0.05, 0) is 26.0 Å². The summed E-state index contributed by atoms with van der Waals surface area (Å²) >= 11 is 0. The lowest BCUT2D eigenvalue weighted by molar-refractivity contribution is -0.148. The molecule has 0 radical (unpaired) electrons. The molecule has 27 heavy (non-hydrogen) atoms. The lowest BCUT2D eigenvalue weighted by Gasteiger charge is -2.28. The maximum absolute atomic E-state index is 12.0. The zero-order valence-corrected chi connectivity index (χ0v) is 15.3. The van der Waals surface area contributed by atoms with Gasteiger partial charge in [-0.2, -0.15) is 0 Å². The number of nitrogens with one attached hydrogen (secondary N) is 2. The van der Waals surface area contributed by atoms with E-state index in [0.29, 0.717) is 11.4 Å². The van der Waals surface area contributed by atoms with E-state index < -0.39 is 18.5 Å². The van der Waals surface area contributed by atoms with Crippen molar-refractivity contribution in [1.29, 1.82) is 0 Å². The van der Waals surface area contributed by atoms with Crippen LogP contribution in [0.4, 0.5) is 5.69 Å². The van der Waals surface area contributed by atoms with E-state index in [0.717, 1.165) is 0 Å². The number of fused-ring (bicyclic) bond motifs is 1. The van der Waals surface area contributed by atoms with Gasteiger partial charge in [0.2, 0.25) is 5.91 Å². The van der Waals surface area contributed by atoms with Crippen molar-refractivity contribution in [3.63, 3.8) is 0 Å². The fourth-order valence-electron chi connectivity index (χ4n) is 2.42. The van der Waals surface area contributed by atoms with Gasteiger partial charge < -0.3 is 25.0 Å². The summed E-state index contributed by atoms with van der Waals surface area (Å²) in [7, 11) is 0. The minimum Gasteiger partial charge on any atom is -0.482 e. The molecule has 1 aromatic rings. The molecule has 0 spiro atoms. The second-order valence-electron chi connectivity index (χ2n) is 6.21. The molecule has 1 aromatic carbocycles. The summed E-state index contributed by atoms with van der Waals surface area (Å²) in [6.45, 7) is 2.97. The predicted octanol–water partition coefficient (Wildman–Crippen LogP) is -0.0139. The van der Waals surface area contributed by atoms with Gasteiger partial charge in [0.05, 0.1) is 18.7 Å². The number of nitrogens with zero attached hydrogens (tertiary/aromatic N) is 1. The van der Waals surface area contributed by atoms with Gasteiger partial charge in [0.25, 0.3) is 11.8 Å². The Morgan fingerprint density at radius 3 is 2.70 bits per heavy atom. The van der Waals surface area contributed by atoms with Crippen molar-refractivity contribution in [1.82, 2.24) is 10.6 Å². The summed E-state index contributed by atoms with van der Waals surface area (Å²) in [6.07, 6.45) is -0.0683. The largest absolute Gasteiger partial charge is 0.482 e. The minimum atomic E-state index is -0.617. The average molecular weight is 377 g/mol. The third-order valence-corrected chi connectivity index (χ3v) is 3.61. The number of carbonyl (C=O) groups excluding carboxylic acids is 4. The molecular formula is C18H23N3O6. The number of carbonyl (C=O) groups is 4. The zero-order chi connectivity index (χ0) is 19.8. The van der Waals surface area contributed by atoms with E-state index in [2.05, 4.69) is 10.6 Å². The van der Waals surface area contributed by atoms with E-state index in [1.165, 1.54) is 4.90 Å². The van der Waals surface area contributed by atoms with Crippen LogP contribution in [0.2, 0.25) is 0 Å². The van der Waals surface area contributed by atoms with Crippen LogP contribution in [0.15, 0.2) is 24.3 Å². The van der Waals surface area contributed by atoms with Gasteiger partial charge in [0.1, 0.15) is 5.75 Å². The summed E-state index contributed by atoms with van der Waals surface area (Å²) in [6, 6.07) is 7.01. The Morgan fingerprint density at radius 2 is 1.96 bits per heavy atom. The van der Waals surface area contributed by atoms with E-state index in [1.807, 2.05) is 0 Å². The Morgan fingerprint density at radius 1 is 1.22 bits per heavy atom. The molecule has 0 saturated carbocycles. The standard InChI is InChI=1S/C18H23N3O6/c1-12(2)20-15(22)9-19-16(23)10-27-18(25)7-8-21-13-5-3-4-6-14(13)26-11-17(21)24/h3-6,12H,7-11H2,1-2H3,(H,19,23)(H,20,22). The van der Waals surface area contributed by atoms with Crippen molar-refractivity contribution in [2.45, 2.75) is 26.3 Å². The van der Waals surface area contributed by atoms with Crippen LogP contribution < -0.4 is 20.3 Å². The molecule has 1 heterocycles. The normalized spacial score (nSPS) is 12.9. The van der Waals surface area contributed by atoms with Gasteiger partial charge in [0.15, 0.2) is 13.2 Å². The first kappa shape index (κ1) is 20.2. The van der Waals surface area contributed by atoms with Crippen LogP contribution in [0, 0.1) is 0 Å². The van der Waals surface area contributed by atoms with Gasteiger partial charge in [-0.25, -0.2) is 0 Å². The van der Waals surface area contributed by atoms with Crippen molar-refractivity contribution in [2.24, 2.45) is 0 Å². The van der Waals surface area contributed by atoms with Crippen LogP contribution in [-0.4, -0.2) is 56.0 Å². The maximum atomic E-state index is 12.0. The van der Waals surface area contributed by atoms with Gasteiger partial charge in [0, 0.05) is 12.6 Å². The third kappa shape index (κ3) is 6.28. The number of para-hydroxylation sites is 2. The smallest absolute Gasteiger partial charge is 0.308 e. The topological polar surface area (TPSA) is 114 Å². The predicted molar refractivity (Wildman–Crippen MR) is 96.2 cm³/mol. The number of rotatable bonds is 8. The molecule has 0 bridgehead atoms. The molecule has 9 heteroatoms. The lowest BCUT2D eigenvalue weighted by atomic mass is 10.2. The molecule has 1 aliphatic heterocycles. The Kier molecular flexibility index (Phi) is 7.16. The maximum Gasteiger partial charge on any atom is 0.308 e. The Hall–Kier alpha value is -3.10. The van der Waals surface area contributed by atoms with Crippen LogP contribution >= 0.6 is 0 Å². The first-order valence-electron chi connectivity index (χ1n) is 8.60. The molecule has 2 N–H and O–H groups in total. The molecule has 9 nitrogen and oxygen atoms in total. The van der Waals surface area contributed by atoms with Crippen LogP contribution in [0.3, 0.4) is 0 Å². The second kappa shape index (κ2) is 9.56. The van der Waals surface area contributed by atoms with Crippen molar-refractivity contribution in [3.8, 4) is 5.75 Å². The van der Waals surface area contributed by atoms with Crippen molar-refractivity contribution < 1.29 is 28.7 Å². The number of amides is 3. The Balaban J connectivity index is 1.73. The fraction of sp³-hybridized carbons (Fsp3) is 0.444. The minimum absolute atomic E-state index is 0.0275. The molecule has 0 aliphatic carbocycles. The van der Waals surface area contributed by atoms with E-state index in [-0.39, 0.29) is 44.0 Å². The van der Waals surface area contributed by atoms with Gasteiger partial charge >= 0.3 is 5.97 Å². The first-order valence-corrected chi connectivity index (χ1v) is 8.60. The van der Waals surface area contributed by atoms with Crippen LogP contribution in [0.5, 0.6) is 5.75 Å². The van der Waals surface area contributed by atoms with E-state index in [4.69, 9.17) is 9.47 Å². The monoisotopic (exact) mass is 377 g/mol. The lowest BCUT2D eigenvalue weighted by Crippen LogP contribution is -2.41. The van der Waals surface area contributed by atoms with Crippen LogP contribution in [-0.2, 0) is 23.9 Å². The molecule has 1 aliphatic rings. The average Bonchev–Trinajstić information content (AvgIpc) is 2.63. The molecule has 0 aromatic heterocycles. The number of esters is 1. The van der Waals surface area contributed by atoms with E-state index >= 15 is 0 Å². The molecule has 146 valence electrons. The number of hydrogen-bond acceptors (Lipinski definition) is 6. The quantitative estimate of drug-likeness (QED) is 0.616. The summed E-state index contributed by atoms with van der Waals surface area (Å²) in [5, 5.41) is 4.98. The fourth-order valence-corrected chi connectivity index (χ4v) is 2.42. The van der Waals surface area contributed by atoms with Crippen LogP contribution in [0.1, 0.15) is 20.3 Å². The highest BCUT2D eigenvalue weighted by atomic mass is 16.5. The highest BCUT2D eigenvalue weighted by Gasteiger charge is 2.25. The molecule has 0 saturated heterocycles. The third-order valence-electron chi connectivity index (χ3n) is 3.61. The Labute approximate surface area is 157 Å². The SMILES string of the molecule is CC(C)NC(=O)CNC(=O)COC(=O)CCN1C(=O)COc2ccccc21. The number of benzene rings is 1. The molecule has 0 unspecified atom stereocenters. The Bertz CT molecular complexity index is 719. The van der Waals surface area contributed by atoms with Crippen molar-refractivity contribution >= 4 is 29.4 Å². The summed E-state index contributed by atoms with van der Waals surface area (Å²) < 4.78 is 10.2. The molecule has 3 amide bonds. The summed E-state index contributed by atoms with van der Waals surface area (Å²) in [4.78, 5) is 48.3. The van der Waals surface area contributed by atoms with Crippen molar-refractivity contribution in [3.05, 3.63) is 24.3 Å². The van der Waals surface area contributed by atoms with Crippen molar-refractivity contribution in [2.75, 3.05) is 31.2 Å². The van der Waals surface area contributed by atoms with Gasteiger partial charge in [-0.15, -0.1) is 0 Å². The molecule has 2 rings (SSSR count). The number of hydrogen-bond donors (Lipinski definition) is 2. The highest BCUT2D eigenvalue weighted by Crippen LogP contribution is 2.31. The molecular weight excluding hydrogens is 354 g/mol. The summed E-state index contributed by atoms with van der Waals surface area (Å²) in [5.41, 5.74) is 0.593. The zero-order valence-electron chi connectivity index (χ0n) is 15.3. The van der Waals surface area contributed by atoms with E-state index in [1.54, 1.807) is 38.1 Å². The number of anilines is 1.